The first-order chi connectivity index (χ1) is 15.5. The number of ether oxygens (including phenoxy) is 1. The van der Waals surface area contributed by atoms with Crippen LogP contribution >= 0.6 is 22.7 Å². The Morgan fingerprint density at radius 1 is 1.47 bits per heavy atom. The number of hydrogen-bond acceptors (Lipinski definition) is 7. The lowest BCUT2D eigenvalue weighted by molar-refractivity contribution is -0.111. The molecule has 164 valence electrons. The number of carbonyl (C=O) groups excluding carboxylic acids is 2. The van der Waals surface area contributed by atoms with E-state index in [1.165, 1.54) is 17.4 Å². The zero-order valence-corrected chi connectivity index (χ0v) is 19.0. The van der Waals surface area contributed by atoms with E-state index in [9.17, 15) is 14.9 Å². The Morgan fingerprint density at radius 2 is 2.34 bits per heavy atom. The standard InChI is InChI=1S/C22H21N5O3S2/c1-27-8-7-24-19(27)12-25-22(29)30-15-3-4-16-17(11-23)21(32-18(16)10-15)26-20(28)5-2-14-6-9-31-13-14/h2,5-9,13,15H,3-4,10,12H2,1H3,(H,25,29)(H,26,28)/b5-2+. The first kappa shape index (κ1) is 21.8. The van der Waals surface area contributed by atoms with Crippen LogP contribution in [0.15, 0.2) is 35.3 Å². The van der Waals surface area contributed by atoms with Crippen molar-refractivity contribution in [3.63, 3.8) is 0 Å². The van der Waals surface area contributed by atoms with E-state index in [0.29, 0.717) is 29.8 Å². The predicted octanol–water partition coefficient (Wildman–Crippen LogP) is 3.85. The van der Waals surface area contributed by atoms with Gasteiger partial charge in [0.2, 0.25) is 5.91 Å². The monoisotopic (exact) mass is 467 g/mol. The van der Waals surface area contributed by atoms with Gasteiger partial charge in [-0.25, -0.2) is 9.78 Å². The lowest BCUT2D eigenvalue weighted by atomic mass is 9.94. The molecule has 10 heteroatoms. The molecule has 2 N–H and O–H groups in total. The van der Waals surface area contributed by atoms with Gasteiger partial charge in [-0.05, 0) is 46.9 Å². The lowest BCUT2D eigenvalue weighted by Crippen LogP contribution is -2.32. The number of nitrogens with zero attached hydrogens (tertiary/aromatic N) is 3. The summed E-state index contributed by atoms with van der Waals surface area (Å²) in [7, 11) is 1.86. The SMILES string of the molecule is Cn1ccnc1CNC(=O)OC1CCc2c(sc(NC(=O)/C=C/c3ccsc3)c2C#N)C1. The van der Waals surface area contributed by atoms with Crippen molar-refractivity contribution in [3.05, 3.63) is 62.7 Å². The first-order valence-corrected chi connectivity index (χ1v) is 11.8. The zero-order chi connectivity index (χ0) is 22.5. The fraction of sp³-hybridized carbons (Fsp3) is 0.273. The maximum atomic E-state index is 12.3. The molecule has 1 aliphatic rings. The van der Waals surface area contributed by atoms with Gasteiger partial charge in [0.1, 0.15) is 23.0 Å². The predicted molar refractivity (Wildman–Crippen MR) is 123 cm³/mol. The number of nitrogens with one attached hydrogen (secondary N) is 2. The number of anilines is 1. The van der Waals surface area contributed by atoms with Gasteiger partial charge < -0.3 is 19.9 Å². The quantitative estimate of drug-likeness (QED) is 0.535. The fourth-order valence-electron chi connectivity index (χ4n) is 3.47. The van der Waals surface area contributed by atoms with E-state index in [2.05, 4.69) is 21.7 Å². The zero-order valence-electron chi connectivity index (χ0n) is 17.3. The Labute approximate surface area is 193 Å². The molecule has 1 atom stereocenters. The molecule has 8 nitrogen and oxygen atoms in total. The van der Waals surface area contributed by atoms with Crippen LogP contribution in [-0.2, 0) is 36.0 Å². The minimum Gasteiger partial charge on any atom is -0.446 e. The average Bonchev–Trinajstić information content (AvgIpc) is 3.50. The van der Waals surface area contributed by atoms with E-state index < -0.39 is 6.09 Å². The number of nitriles is 1. The van der Waals surface area contributed by atoms with Crippen molar-refractivity contribution in [2.24, 2.45) is 7.05 Å². The molecule has 32 heavy (non-hydrogen) atoms. The molecule has 1 unspecified atom stereocenters. The van der Waals surface area contributed by atoms with Crippen molar-refractivity contribution in [3.8, 4) is 6.07 Å². The van der Waals surface area contributed by atoms with Crippen LogP contribution in [0.4, 0.5) is 9.80 Å². The minimum absolute atomic E-state index is 0.281. The Balaban J connectivity index is 1.36. The van der Waals surface area contributed by atoms with Crippen LogP contribution in [-0.4, -0.2) is 27.7 Å². The summed E-state index contributed by atoms with van der Waals surface area (Å²) in [4.78, 5) is 29.6. The third kappa shape index (κ3) is 5.07. The topological polar surface area (TPSA) is 109 Å². The molecule has 4 rings (SSSR count). The number of thiophene rings is 2. The summed E-state index contributed by atoms with van der Waals surface area (Å²) in [5, 5.41) is 19.6. The number of carbonyl (C=O) groups is 2. The highest BCUT2D eigenvalue weighted by molar-refractivity contribution is 7.16. The molecule has 0 saturated heterocycles. The largest absolute Gasteiger partial charge is 0.446 e. The number of imidazole rings is 1. The van der Waals surface area contributed by atoms with E-state index in [1.54, 1.807) is 23.6 Å². The lowest BCUT2D eigenvalue weighted by Gasteiger charge is -2.22. The second-order valence-corrected chi connectivity index (χ2v) is 9.16. The van der Waals surface area contributed by atoms with Crippen LogP contribution in [0.3, 0.4) is 0 Å². The molecule has 0 aliphatic heterocycles. The summed E-state index contributed by atoms with van der Waals surface area (Å²) < 4.78 is 7.40. The van der Waals surface area contributed by atoms with Gasteiger partial charge in [-0.3, -0.25) is 4.79 Å². The van der Waals surface area contributed by atoms with E-state index in [1.807, 2.05) is 34.6 Å². The van der Waals surface area contributed by atoms with Crippen molar-refractivity contribution in [1.82, 2.24) is 14.9 Å². The van der Waals surface area contributed by atoms with Crippen molar-refractivity contribution < 1.29 is 14.3 Å². The Hall–Kier alpha value is -3.42. The van der Waals surface area contributed by atoms with Crippen LogP contribution in [0.25, 0.3) is 6.08 Å². The second-order valence-electron chi connectivity index (χ2n) is 7.28. The van der Waals surface area contributed by atoms with Gasteiger partial charge in [0.15, 0.2) is 0 Å². The number of alkyl carbamates (subject to hydrolysis) is 1. The molecule has 3 heterocycles. The third-order valence-electron chi connectivity index (χ3n) is 5.12. The Kier molecular flexibility index (Phi) is 6.68. The van der Waals surface area contributed by atoms with Crippen molar-refractivity contribution in [2.75, 3.05) is 5.32 Å². The van der Waals surface area contributed by atoms with E-state index in [4.69, 9.17) is 4.74 Å². The maximum Gasteiger partial charge on any atom is 0.407 e. The molecule has 0 saturated carbocycles. The third-order valence-corrected chi connectivity index (χ3v) is 7.00. The van der Waals surface area contributed by atoms with Crippen LogP contribution in [0.2, 0.25) is 0 Å². The molecule has 0 radical (unpaired) electrons. The summed E-state index contributed by atoms with van der Waals surface area (Å²) >= 11 is 2.93. The molecule has 0 bridgehead atoms. The molecule has 0 aromatic carbocycles. The molecule has 2 amide bonds. The average molecular weight is 468 g/mol. The first-order valence-electron chi connectivity index (χ1n) is 10.00. The molecule has 0 spiro atoms. The molecular weight excluding hydrogens is 446 g/mol. The molecule has 3 aromatic heterocycles. The number of rotatable bonds is 6. The number of hydrogen-bond donors (Lipinski definition) is 2. The van der Waals surface area contributed by atoms with Gasteiger partial charge in [0, 0.05) is 36.8 Å². The Bertz CT molecular complexity index is 1190. The van der Waals surface area contributed by atoms with E-state index in [0.717, 1.165) is 21.8 Å². The van der Waals surface area contributed by atoms with Gasteiger partial charge in [-0.2, -0.15) is 16.6 Å². The number of amides is 2. The fourth-order valence-corrected chi connectivity index (χ4v) is 5.36. The summed E-state index contributed by atoms with van der Waals surface area (Å²) in [5.41, 5.74) is 2.39. The van der Waals surface area contributed by atoms with Crippen LogP contribution in [0, 0.1) is 11.3 Å². The van der Waals surface area contributed by atoms with Crippen LogP contribution in [0.5, 0.6) is 0 Å². The minimum atomic E-state index is -0.495. The summed E-state index contributed by atoms with van der Waals surface area (Å²) in [6.45, 7) is 0.285. The molecule has 1 aliphatic carbocycles. The van der Waals surface area contributed by atoms with Gasteiger partial charge >= 0.3 is 6.09 Å². The van der Waals surface area contributed by atoms with Crippen molar-refractivity contribution >= 4 is 45.8 Å². The molecule has 0 fully saturated rings. The summed E-state index contributed by atoms with van der Waals surface area (Å²) in [6.07, 6.45) is 7.66. The van der Waals surface area contributed by atoms with Crippen molar-refractivity contribution in [1.29, 1.82) is 5.26 Å². The Morgan fingerprint density at radius 3 is 3.06 bits per heavy atom. The summed E-state index contributed by atoms with van der Waals surface area (Å²) in [5.74, 6) is 0.450. The highest BCUT2D eigenvalue weighted by atomic mass is 32.1. The van der Waals surface area contributed by atoms with Crippen LogP contribution in [0.1, 0.15) is 33.8 Å². The smallest absolute Gasteiger partial charge is 0.407 e. The molecular formula is C22H21N5O3S2. The second kappa shape index (κ2) is 9.80. The van der Waals surface area contributed by atoms with Gasteiger partial charge in [-0.1, -0.05) is 0 Å². The van der Waals surface area contributed by atoms with Crippen LogP contribution < -0.4 is 10.6 Å². The van der Waals surface area contributed by atoms with E-state index >= 15 is 0 Å². The number of aromatic nitrogens is 2. The number of fused-ring (bicyclic) bond motifs is 1. The number of aryl methyl sites for hydroxylation is 1. The van der Waals surface area contributed by atoms with E-state index in [-0.39, 0.29) is 18.6 Å². The highest BCUT2D eigenvalue weighted by Crippen LogP contribution is 2.38. The summed E-state index contributed by atoms with van der Waals surface area (Å²) in [6, 6.07) is 4.14. The van der Waals surface area contributed by atoms with Gasteiger partial charge in [0.25, 0.3) is 0 Å². The van der Waals surface area contributed by atoms with Gasteiger partial charge in [-0.15, -0.1) is 11.3 Å². The van der Waals surface area contributed by atoms with Crippen molar-refractivity contribution in [2.45, 2.75) is 31.9 Å². The molecule has 3 aromatic rings. The maximum absolute atomic E-state index is 12.3. The highest BCUT2D eigenvalue weighted by Gasteiger charge is 2.28. The van der Waals surface area contributed by atoms with Gasteiger partial charge in [0.05, 0.1) is 12.1 Å². The normalized spacial score (nSPS) is 15.2.